The average molecular weight is 579 g/mol. The van der Waals surface area contributed by atoms with Crippen molar-refractivity contribution in [3.63, 3.8) is 0 Å². The van der Waals surface area contributed by atoms with E-state index in [2.05, 4.69) is 31.0 Å². The van der Waals surface area contributed by atoms with Gasteiger partial charge in [-0.25, -0.2) is 8.42 Å². The Morgan fingerprint density at radius 3 is 2.48 bits per heavy atom. The summed E-state index contributed by atoms with van der Waals surface area (Å²) >= 11 is 0. The minimum absolute atomic E-state index is 0.0860. The topological polar surface area (TPSA) is 123 Å². The first-order valence-electron chi connectivity index (χ1n) is 14.6. The first kappa shape index (κ1) is 29.7. The molecule has 1 aromatic carbocycles. The number of carbonyl (C=O) groups excluding carboxylic acids is 1. The molecule has 10 nitrogen and oxygen atoms in total. The Balaban J connectivity index is 1.31. The summed E-state index contributed by atoms with van der Waals surface area (Å²) in [6.07, 6.45) is 1.90. The molecule has 0 aromatic heterocycles. The van der Waals surface area contributed by atoms with E-state index in [9.17, 15) is 23.4 Å². The molecular formula is C29H46N4O6S. The summed E-state index contributed by atoms with van der Waals surface area (Å²) in [6, 6.07) is 7.31. The number of amides is 1. The molecule has 224 valence electrons. The van der Waals surface area contributed by atoms with Gasteiger partial charge in [0.15, 0.2) is 0 Å². The fraction of sp³-hybridized carbons (Fsp3) is 0.759. The molecule has 0 spiro atoms. The summed E-state index contributed by atoms with van der Waals surface area (Å²) in [5.41, 5.74) is 2.22. The highest BCUT2D eigenvalue weighted by Crippen LogP contribution is 2.61. The second kappa shape index (κ2) is 11.1. The molecule has 5 aliphatic rings. The SMILES string of the molecule is C[C@@H]1[C@@H](NC(=O)[C@@H]2[C@H]([C@H](C)O)C(CO)ON2Cc2cccc(N3CCN(S(C)(=O)=O)CC3)c2)C[C@H]2C[C@@H]1C2(C)C. The Hall–Kier alpha value is -1.76. The summed E-state index contributed by atoms with van der Waals surface area (Å²) in [5, 5.41) is 25.7. The third-order valence-corrected chi connectivity index (χ3v) is 11.7. The number of hydroxylamine groups is 2. The average Bonchev–Trinajstić information content (AvgIpc) is 3.27. The van der Waals surface area contributed by atoms with Crippen LogP contribution in [0.15, 0.2) is 24.3 Å². The van der Waals surface area contributed by atoms with Gasteiger partial charge in [0.1, 0.15) is 12.1 Å². The molecule has 1 aromatic rings. The molecule has 8 atom stereocenters. The van der Waals surface area contributed by atoms with Crippen molar-refractivity contribution in [2.75, 3.05) is 43.9 Å². The zero-order valence-electron chi connectivity index (χ0n) is 24.4. The first-order chi connectivity index (χ1) is 18.8. The second-order valence-electron chi connectivity index (χ2n) is 13.1. The van der Waals surface area contributed by atoms with Crippen molar-refractivity contribution in [1.29, 1.82) is 0 Å². The molecule has 2 bridgehead atoms. The van der Waals surface area contributed by atoms with Gasteiger partial charge in [0, 0.05) is 43.8 Å². The fourth-order valence-electron chi connectivity index (χ4n) is 7.79. The fourth-order valence-corrected chi connectivity index (χ4v) is 8.62. The van der Waals surface area contributed by atoms with E-state index < -0.39 is 34.2 Å². The number of benzene rings is 1. The van der Waals surface area contributed by atoms with Gasteiger partial charge >= 0.3 is 0 Å². The largest absolute Gasteiger partial charge is 0.394 e. The van der Waals surface area contributed by atoms with Gasteiger partial charge < -0.3 is 20.4 Å². The Labute approximate surface area is 238 Å². The lowest BCUT2D eigenvalue weighted by Crippen LogP contribution is -2.62. The number of piperazine rings is 1. The normalized spacial score (nSPS) is 35.3. The lowest BCUT2D eigenvalue weighted by molar-refractivity contribution is -0.183. The van der Waals surface area contributed by atoms with Gasteiger partial charge in [-0.2, -0.15) is 9.37 Å². The third kappa shape index (κ3) is 5.53. The zero-order valence-corrected chi connectivity index (χ0v) is 25.2. The number of rotatable bonds is 8. The van der Waals surface area contributed by atoms with E-state index in [1.807, 2.05) is 24.3 Å². The molecule has 40 heavy (non-hydrogen) atoms. The number of sulfonamides is 1. The van der Waals surface area contributed by atoms with Gasteiger partial charge in [0.25, 0.3) is 0 Å². The summed E-state index contributed by atoms with van der Waals surface area (Å²) in [4.78, 5) is 22.1. The van der Waals surface area contributed by atoms with Crippen molar-refractivity contribution >= 4 is 21.6 Å². The summed E-state index contributed by atoms with van der Waals surface area (Å²) < 4.78 is 25.3. The van der Waals surface area contributed by atoms with Crippen LogP contribution in [0.25, 0.3) is 0 Å². The second-order valence-corrected chi connectivity index (χ2v) is 15.0. The van der Waals surface area contributed by atoms with Crippen LogP contribution in [0.4, 0.5) is 5.69 Å². The summed E-state index contributed by atoms with van der Waals surface area (Å²) in [5.74, 6) is 0.841. The van der Waals surface area contributed by atoms with E-state index >= 15 is 0 Å². The van der Waals surface area contributed by atoms with Crippen LogP contribution in [0.2, 0.25) is 0 Å². The minimum atomic E-state index is -3.21. The van der Waals surface area contributed by atoms with Gasteiger partial charge in [0.2, 0.25) is 15.9 Å². The van der Waals surface area contributed by atoms with E-state index in [-0.39, 0.29) is 18.6 Å². The molecule has 3 aliphatic carbocycles. The molecule has 11 heteroatoms. The zero-order chi connectivity index (χ0) is 29.0. The third-order valence-electron chi connectivity index (χ3n) is 10.4. The molecule has 2 saturated heterocycles. The van der Waals surface area contributed by atoms with E-state index in [0.29, 0.717) is 55.9 Å². The van der Waals surface area contributed by atoms with Crippen LogP contribution in [0, 0.1) is 29.1 Å². The van der Waals surface area contributed by atoms with Crippen molar-refractivity contribution in [2.24, 2.45) is 29.1 Å². The van der Waals surface area contributed by atoms with Crippen molar-refractivity contribution in [3.8, 4) is 0 Å². The number of aliphatic hydroxyl groups is 2. The van der Waals surface area contributed by atoms with Gasteiger partial charge in [-0.3, -0.25) is 9.63 Å². The quantitative estimate of drug-likeness (QED) is 0.424. The monoisotopic (exact) mass is 578 g/mol. The summed E-state index contributed by atoms with van der Waals surface area (Å²) in [7, 11) is -3.21. The molecule has 6 rings (SSSR count). The maximum absolute atomic E-state index is 13.9. The van der Waals surface area contributed by atoms with Gasteiger partial charge in [-0.1, -0.05) is 32.9 Å². The number of carbonyl (C=O) groups is 1. The number of aliphatic hydroxyl groups excluding tert-OH is 2. The van der Waals surface area contributed by atoms with E-state index in [0.717, 1.165) is 17.7 Å². The summed E-state index contributed by atoms with van der Waals surface area (Å²) in [6.45, 7) is 10.6. The highest BCUT2D eigenvalue weighted by Gasteiger charge is 2.57. The number of hydrogen-bond acceptors (Lipinski definition) is 8. The van der Waals surface area contributed by atoms with Gasteiger partial charge in [-0.15, -0.1) is 0 Å². The lowest BCUT2D eigenvalue weighted by atomic mass is 9.45. The predicted octanol–water partition coefficient (Wildman–Crippen LogP) is 1.43. The van der Waals surface area contributed by atoms with Crippen LogP contribution in [-0.4, -0.2) is 97.2 Å². The Morgan fingerprint density at radius 2 is 1.90 bits per heavy atom. The standard InChI is InChI=1S/C29H46N4O6S/c1-18-23-14-21(29(23,3)4)15-24(18)30-28(36)27-26(19(2)35)25(17-34)39-33(27)16-20-7-6-8-22(13-20)31-9-11-32(12-10-31)40(5,37)38/h6-8,13,18-19,21,23-27,34-35H,9-12,14-17H2,1-5H3,(H,30,36)/t18-,19-,21+,23-,24-,25?,26+,27-/m0/s1. The van der Waals surface area contributed by atoms with Gasteiger partial charge in [-0.05, 0) is 60.6 Å². The molecule has 2 heterocycles. The first-order valence-corrected chi connectivity index (χ1v) is 16.5. The van der Waals surface area contributed by atoms with Crippen LogP contribution >= 0.6 is 0 Å². The number of nitrogens with one attached hydrogen (secondary N) is 1. The maximum Gasteiger partial charge on any atom is 0.240 e. The smallest absolute Gasteiger partial charge is 0.240 e. The van der Waals surface area contributed by atoms with Crippen molar-refractivity contribution < 1.29 is 28.3 Å². The highest BCUT2D eigenvalue weighted by molar-refractivity contribution is 7.88. The van der Waals surface area contributed by atoms with Crippen LogP contribution in [-0.2, 0) is 26.2 Å². The van der Waals surface area contributed by atoms with Gasteiger partial charge in [0.05, 0.1) is 25.5 Å². The van der Waals surface area contributed by atoms with Crippen LogP contribution in [0.1, 0.15) is 46.1 Å². The molecule has 2 aliphatic heterocycles. The molecule has 1 unspecified atom stereocenters. The van der Waals surface area contributed by atoms with Crippen LogP contribution in [0.3, 0.4) is 0 Å². The van der Waals surface area contributed by atoms with Crippen molar-refractivity contribution in [3.05, 3.63) is 29.8 Å². The molecule has 3 N–H and O–H groups in total. The van der Waals surface area contributed by atoms with Crippen LogP contribution < -0.4 is 10.2 Å². The van der Waals surface area contributed by atoms with Crippen molar-refractivity contribution in [1.82, 2.24) is 14.7 Å². The Kier molecular flexibility index (Phi) is 8.28. The highest BCUT2D eigenvalue weighted by atomic mass is 32.2. The molecular weight excluding hydrogens is 532 g/mol. The van der Waals surface area contributed by atoms with E-state index in [1.165, 1.54) is 17.0 Å². The molecule has 3 saturated carbocycles. The number of nitrogens with zero attached hydrogens (tertiary/aromatic N) is 3. The number of fused-ring (bicyclic) bond motifs is 2. The number of hydrogen-bond donors (Lipinski definition) is 3. The van der Waals surface area contributed by atoms with Crippen LogP contribution in [0.5, 0.6) is 0 Å². The lowest BCUT2D eigenvalue weighted by Gasteiger charge is -2.62. The van der Waals surface area contributed by atoms with E-state index in [1.54, 1.807) is 12.0 Å². The Bertz CT molecular complexity index is 1180. The maximum atomic E-state index is 13.9. The Morgan fingerprint density at radius 1 is 1.20 bits per heavy atom. The van der Waals surface area contributed by atoms with E-state index in [4.69, 9.17) is 4.84 Å². The molecule has 0 radical (unpaired) electrons. The minimum Gasteiger partial charge on any atom is -0.394 e. The molecule has 5 fully saturated rings. The molecule has 1 amide bonds. The predicted molar refractivity (Wildman–Crippen MR) is 153 cm³/mol. The van der Waals surface area contributed by atoms with Crippen molar-refractivity contribution in [2.45, 2.75) is 71.4 Å². The number of anilines is 1.